The zero-order valence-electron chi connectivity index (χ0n) is 9.23. The highest BCUT2D eigenvalue weighted by molar-refractivity contribution is 5.49. The number of methoxy groups -OCH3 is 1. The van der Waals surface area contributed by atoms with Gasteiger partial charge in [0.25, 0.3) is 0 Å². The van der Waals surface area contributed by atoms with Crippen LogP contribution in [0, 0.1) is 0 Å². The first-order valence-corrected chi connectivity index (χ1v) is 5.18. The first kappa shape index (κ1) is 11.8. The molecule has 1 aromatic heterocycles. The Hall–Kier alpha value is -1.29. The number of aliphatic hydroxyl groups excluding tert-OH is 1. The number of aliphatic hydroxyl groups is 1. The molecule has 15 heavy (non-hydrogen) atoms. The van der Waals surface area contributed by atoms with E-state index in [9.17, 15) is 5.11 Å². The number of ether oxygens (including phenoxy) is 1. The SMILES string of the molecule is CCC(O)CCNc1ncccc1OC. The van der Waals surface area contributed by atoms with Crippen molar-refractivity contribution in [1.29, 1.82) is 0 Å². The highest BCUT2D eigenvalue weighted by atomic mass is 16.5. The van der Waals surface area contributed by atoms with E-state index in [1.807, 2.05) is 19.1 Å². The summed E-state index contributed by atoms with van der Waals surface area (Å²) in [6, 6.07) is 3.68. The van der Waals surface area contributed by atoms with Crippen LogP contribution in [0.15, 0.2) is 18.3 Å². The van der Waals surface area contributed by atoms with Crippen molar-refractivity contribution in [2.75, 3.05) is 19.0 Å². The quantitative estimate of drug-likeness (QED) is 0.749. The molecule has 0 fully saturated rings. The molecule has 1 unspecified atom stereocenters. The second-order valence-electron chi connectivity index (χ2n) is 3.33. The van der Waals surface area contributed by atoms with E-state index in [4.69, 9.17) is 4.74 Å². The Kier molecular flexibility index (Phi) is 4.90. The number of rotatable bonds is 6. The summed E-state index contributed by atoms with van der Waals surface area (Å²) in [4.78, 5) is 4.15. The van der Waals surface area contributed by atoms with Gasteiger partial charge in [0.05, 0.1) is 13.2 Å². The van der Waals surface area contributed by atoms with Gasteiger partial charge in [0.1, 0.15) is 0 Å². The molecule has 1 atom stereocenters. The molecule has 0 saturated carbocycles. The third-order valence-electron chi connectivity index (χ3n) is 2.23. The summed E-state index contributed by atoms with van der Waals surface area (Å²) >= 11 is 0. The molecular weight excluding hydrogens is 192 g/mol. The number of aromatic nitrogens is 1. The lowest BCUT2D eigenvalue weighted by atomic mass is 10.2. The van der Waals surface area contributed by atoms with Crippen LogP contribution < -0.4 is 10.1 Å². The molecule has 0 aliphatic carbocycles. The van der Waals surface area contributed by atoms with E-state index < -0.39 is 0 Å². The Bertz CT molecular complexity index is 292. The summed E-state index contributed by atoms with van der Waals surface area (Å²) in [6.07, 6.45) is 2.96. The number of anilines is 1. The van der Waals surface area contributed by atoms with Crippen LogP contribution >= 0.6 is 0 Å². The van der Waals surface area contributed by atoms with Gasteiger partial charge in [-0.3, -0.25) is 0 Å². The van der Waals surface area contributed by atoms with Crippen LogP contribution in [0.2, 0.25) is 0 Å². The van der Waals surface area contributed by atoms with Crippen molar-refractivity contribution in [1.82, 2.24) is 4.98 Å². The third kappa shape index (κ3) is 3.75. The van der Waals surface area contributed by atoms with Gasteiger partial charge in [-0.1, -0.05) is 6.92 Å². The van der Waals surface area contributed by atoms with Crippen molar-refractivity contribution in [3.8, 4) is 5.75 Å². The summed E-state index contributed by atoms with van der Waals surface area (Å²) in [6.45, 7) is 2.66. The zero-order valence-corrected chi connectivity index (χ0v) is 9.23. The summed E-state index contributed by atoms with van der Waals surface area (Å²) < 4.78 is 5.14. The van der Waals surface area contributed by atoms with Crippen molar-refractivity contribution in [3.05, 3.63) is 18.3 Å². The highest BCUT2D eigenvalue weighted by Crippen LogP contribution is 2.19. The molecule has 0 bridgehead atoms. The van der Waals surface area contributed by atoms with Crippen molar-refractivity contribution in [2.45, 2.75) is 25.9 Å². The molecule has 1 rings (SSSR count). The standard InChI is InChI=1S/C11H18N2O2/c1-3-9(14)6-8-13-11-10(15-2)5-4-7-12-11/h4-5,7,9,14H,3,6,8H2,1-2H3,(H,12,13). The zero-order chi connectivity index (χ0) is 11.1. The lowest BCUT2D eigenvalue weighted by molar-refractivity contribution is 0.164. The Morgan fingerprint density at radius 2 is 2.40 bits per heavy atom. The third-order valence-corrected chi connectivity index (χ3v) is 2.23. The first-order valence-electron chi connectivity index (χ1n) is 5.18. The minimum atomic E-state index is -0.243. The van der Waals surface area contributed by atoms with Gasteiger partial charge in [-0.05, 0) is 25.0 Å². The molecule has 4 nitrogen and oxygen atoms in total. The van der Waals surface area contributed by atoms with Gasteiger partial charge in [0, 0.05) is 12.7 Å². The van der Waals surface area contributed by atoms with Crippen LogP contribution in [-0.2, 0) is 0 Å². The summed E-state index contributed by atoms with van der Waals surface area (Å²) in [7, 11) is 1.61. The minimum absolute atomic E-state index is 0.243. The molecule has 0 saturated heterocycles. The number of hydrogen-bond donors (Lipinski definition) is 2. The summed E-state index contributed by atoms with van der Waals surface area (Å²) in [5.41, 5.74) is 0. The topological polar surface area (TPSA) is 54.4 Å². The molecule has 0 aliphatic rings. The molecule has 1 heterocycles. The first-order chi connectivity index (χ1) is 7.27. The van der Waals surface area contributed by atoms with E-state index in [-0.39, 0.29) is 6.10 Å². The molecule has 0 radical (unpaired) electrons. The van der Waals surface area contributed by atoms with Crippen molar-refractivity contribution in [3.63, 3.8) is 0 Å². The lowest BCUT2D eigenvalue weighted by Crippen LogP contribution is -2.13. The predicted octanol–water partition coefficient (Wildman–Crippen LogP) is 1.66. The molecule has 2 N–H and O–H groups in total. The maximum atomic E-state index is 9.37. The number of hydrogen-bond acceptors (Lipinski definition) is 4. The van der Waals surface area contributed by atoms with E-state index >= 15 is 0 Å². The van der Waals surface area contributed by atoms with Gasteiger partial charge in [0.2, 0.25) is 0 Å². The average molecular weight is 210 g/mol. The van der Waals surface area contributed by atoms with Crippen LogP contribution in [0.3, 0.4) is 0 Å². The van der Waals surface area contributed by atoms with Crippen molar-refractivity contribution >= 4 is 5.82 Å². The second-order valence-corrected chi connectivity index (χ2v) is 3.33. The van der Waals surface area contributed by atoms with Gasteiger partial charge in [-0.15, -0.1) is 0 Å². The largest absolute Gasteiger partial charge is 0.493 e. The van der Waals surface area contributed by atoms with E-state index in [2.05, 4.69) is 10.3 Å². The molecule has 0 aliphatic heterocycles. The van der Waals surface area contributed by atoms with Crippen LogP contribution in [0.25, 0.3) is 0 Å². The van der Waals surface area contributed by atoms with Crippen molar-refractivity contribution in [2.24, 2.45) is 0 Å². The van der Waals surface area contributed by atoms with Crippen LogP contribution in [-0.4, -0.2) is 29.8 Å². The molecule has 84 valence electrons. The van der Waals surface area contributed by atoms with Gasteiger partial charge in [-0.25, -0.2) is 4.98 Å². The van der Waals surface area contributed by atoms with E-state index in [0.29, 0.717) is 6.54 Å². The van der Waals surface area contributed by atoms with Gasteiger partial charge in [-0.2, -0.15) is 0 Å². The average Bonchev–Trinajstić information content (AvgIpc) is 2.29. The summed E-state index contributed by atoms with van der Waals surface area (Å²) in [5.74, 6) is 1.45. The van der Waals surface area contributed by atoms with Crippen LogP contribution in [0.1, 0.15) is 19.8 Å². The predicted molar refractivity (Wildman–Crippen MR) is 60.2 cm³/mol. The maximum absolute atomic E-state index is 9.37. The molecule has 0 aromatic carbocycles. The Labute approximate surface area is 90.3 Å². The van der Waals surface area contributed by atoms with Crippen LogP contribution in [0.4, 0.5) is 5.82 Å². The Morgan fingerprint density at radius 3 is 3.07 bits per heavy atom. The van der Waals surface area contributed by atoms with E-state index in [0.717, 1.165) is 24.4 Å². The fourth-order valence-electron chi connectivity index (χ4n) is 1.25. The van der Waals surface area contributed by atoms with Crippen LogP contribution in [0.5, 0.6) is 5.75 Å². The molecule has 0 spiro atoms. The maximum Gasteiger partial charge on any atom is 0.168 e. The minimum Gasteiger partial charge on any atom is -0.493 e. The fourth-order valence-corrected chi connectivity index (χ4v) is 1.25. The fraction of sp³-hybridized carbons (Fsp3) is 0.545. The monoisotopic (exact) mass is 210 g/mol. The molecule has 1 aromatic rings. The van der Waals surface area contributed by atoms with Crippen molar-refractivity contribution < 1.29 is 9.84 Å². The van der Waals surface area contributed by atoms with E-state index in [1.165, 1.54) is 0 Å². The number of nitrogens with zero attached hydrogens (tertiary/aromatic N) is 1. The number of nitrogens with one attached hydrogen (secondary N) is 1. The smallest absolute Gasteiger partial charge is 0.168 e. The normalized spacial score (nSPS) is 12.2. The molecular formula is C11H18N2O2. The van der Waals surface area contributed by atoms with Gasteiger partial charge in [0.15, 0.2) is 11.6 Å². The second kappa shape index (κ2) is 6.24. The van der Waals surface area contributed by atoms with Gasteiger partial charge >= 0.3 is 0 Å². The van der Waals surface area contributed by atoms with E-state index in [1.54, 1.807) is 13.3 Å². The Balaban J connectivity index is 2.43. The number of pyridine rings is 1. The highest BCUT2D eigenvalue weighted by Gasteiger charge is 2.04. The molecule has 0 amide bonds. The Morgan fingerprint density at radius 1 is 1.60 bits per heavy atom. The molecule has 4 heteroatoms. The van der Waals surface area contributed by atoms with Gasteiger partial charge < -0.3 is 15.2 Å². The lowest BCUT2D eigenvalue weighted by Gasteiger charge is -2.11. The summed E-state index contributed by atoms with van der Waals surface area (Å²) in [5, 5.41) is 12.5.